The van der Waals surface area contributed by atoms with Crippen molar-refractivity contribution in [1.29, 1.82) is 0 Å². The Morgan fingerprint density at radius 1 is 1.08 bits per heavy atom. The van der Waals surface area contributed by atoms with Gasteiger partial charge in [0.15, 0.2) is 0 Å². The van der Waals surface area contributed by atoms with Gasteiger partial charge in [-0.05, 0) is 48.4 Å². The maximum atomic E-state index is 6.00. The lowest BCUT2D eigenvalue weighted by molar-refractivity contribution is 0.306. The molecular formula is C20H22ClN3O. The van der Waals surface area contributed by atoms with Gasteiger partial charge >= 0.3 is 0 Å². The average molecular weight is 356 g/mol. The SMILES string of the molecule is Clc1cccc(COc2cccc(CNCCCn3ccnc3)c2)c1. The fraction of sp³-hybridized carbons (Fsp3) is 0.250. The van der Waals surface area contributed by atoms with Gasteiger partial charge in [-0.1, -0.05) is 35.9 Å². The van der Waals surface area contributed by atoms with Crippen LogP contribution in [0, 0.1) is 0 Å². The molecule has 0 atom stereocenters. The molecule has 0 radical (unpaired) electrons. The Morgan fingerprint density at radius 3 is 2.80 bits per heavy atom. The molecule has 0 spiro atoms. The van der Waals surface area contributed by atoms with E-state index in [0.717, 1.165) is 42.4 Å². The highest BCUT2D eigenvalue weighted by Crippen LogP contribution is 2.17. The van der Waals surface area contributed by atoms with Crippen LogP contribution in [0.5, 0.6) is 5.75 Å². The fourth-order valence-corrected chi connectivity index (χ4v) is 2.79. The molecule has 0 aliphatic heterocycles. The first kappa shape index (κ1) is 17.5. The first-order valence-corrected chi connectivity index (χ1v) is 8.80. The van der Waals surface area contributed by atoms with E-state index in [1.54, 1.807) is 0 Å². The Hall–Kier alpha value is -2.30. The van der Waals surface area contributed by atoms with Crippen LogP contribution in [0.4, 0.5) is 0 Å². The van der Waals surface area contributed by atoms with Crippen LogP contribution < -0.4 is 10.1 Å². The lowest BCUT2D eigenvalue weighted by atomic mass is 10.2. The Balaban J connectivity index is 1.41. The highest BCUT2D eigenvalue weighted by molar-refractivity contribution is 6.30. The molecule has 1 heterocycles. The molecular weight excluding hydrogens is 334 g/mol. The second kappa shape index (κ2) is 9.25. The number of imidazole rings is 1. The molecule has 0 aliphatic rings. The summed E-state index contributed by atoms with van der Waals surface area (Å²) >= 11 is 6.00. The number of aryl methyl sites for hydroxylation is 1. The molecule has 0 saturated heterocycles. The minimum Gasteiger partial charge on any atom is -0.489 e. The Labute approximate surface area is 153 Å². The maximum Gasteiger partial charge on any atom is 0.120 e. The van der Waals surface area contributed by atoms with E-state index in [4.69, 9.17) is 16.3 Å². The summed E-state index contributed by atoms with van der Waals surface area (Å²) in [4.78, 5) is 4.04. The van der Waals surface area contributed by atoms with E-state index in [2.05, 4.69) is 27.0 Å². The number of rotatable bonds is 9. The number of ether oxygens (including phenoxy) is 1. The first-order valence-electron chi connectivity index (χ1n) is 8.42. The van der Waals surface area contributed by atoms with Crippen LogP contribution in [-0.4, -0.2) is 16.1 Å². The van der Waals surface area contributed by atoms with Crippen molar-refractivity contribution < 1.29 is 4.74 Å². The van der Waals surface area contributed by atoms with Crippen LogP contribution in [0.15, 0.2) is 67.3 Å². The smallest absolute Gasteiger partial charge is 0.120 e. The zero-order valence-corrected chi connectivity index (χ0v) is 14.8. The minimum absolute atomic E-state index is 0.516. The predicted octanol–water partition coefficient (Wildman–Crippen LogP) is 4.30. The van der Waals surface area contributed by atoms with Gasteiger partial charge in [0.1, 0.15) is 12.4 Å². The summed E-state index contributed by atoms with van der Waals surface area (Å²) in [6.07, 6.45) is 6.71. The molecule has 0 aliphatic carbocycles. The summed E-state index contributed by atoms with van der Waals surface area (Å²) in [6, 6.07) is 15.9. The summed E-state index contributed by atoms with van der Waals surface area (Å²) in [5.74, 6) is 0.873. The Bertz CT molecular complexity index is 774. The van der Waals surface area contributed by atoms with E-state index >= 15 is 0 Å². The lowest BCUT2D eigenvalue weighted by Crippen LogP contribution is -2.16. The van der Waals surface area contributed by atoms with Crippen LogP contribution in [0.1, 0.15) is 17.5 Å². The number of benzene rings is 2. The van der Waals surface area contributed by atoms with Crippen LogP contribution in [0.2, 0.25) is 5.02 Å². The lowest BCUT2D eigenvalue weighted by Gasteiger charge is -2.09. The van der Waals surface area contributed by atoms with Crippen molar-refractivity contribution in [1.82, 2.24) is 14.9 Å². The Kier molecular flexibility index (Phi) is 6.48. The van der Waals surface area contributed by atoms with E-state index in [-0.39, 0.29) is 0 Å². The van der Waals surface area contributed by atoms with Crippen molar-refractivity contribution in [2.45, 2.75) is 26.1 Å². The molecule has 0 bridgehead atoms. The third-order valence-corrected chi connectivity index (χ3v) is 4.09. The molecule has 2 aromatic carbocycles. The number of hydrogen-bond donors (Lipinski definition) is 1. The number of aromatic nitrogens is 2. The molecule has 1 N–H and O–H groups in total. The molecule has 4 nitrogen and oxygen atoms in total. The van der Waals surface area contributed by atoms with Crippen molar-refractivity contribution in [3.63, 3.8) is 0 Å². The highest BCUT2D eigenvalue weighted by atomic mass is 35.5. The molecule has 0 amide bonds. The minimum atomic E-state index is 0.516. The third kappa shape index (κ3) is 5.93. The second-order valence-corrected chi connectivity index (χ2v) is 6.33. The second-order valence-electron chi connectivity index (χ2n) is 5.90. The van der Waals surface area contributed by atoms with Gasteiger partial charge in [-0.15, -0.1) is 0 Å². The summed E-state index contributed by atoms with van der Waals surface area (Å²) in [6.45, 7) is 3.29. The van der Waals surface area contributed by atoms with Crippen molar-refractivity contribution in [3.8, 4) is 5.75 Å². The van der Waals surface area contributed by atoms with E-state index < -0.39 is 0 Å². The molecule has 0 fully saturated rings. The number of nitrogens with zero attached hydrogens (tertiary/aromatic N) is 2. The zero-order chi connectivity index (χ0) is 17.3. The van der Waals surface area contributed by atoms with E-state index in [9.17, 15) is 0 Å². The van der Waals surface area contributed by atoms with Crippen LogP contribution in [-0.2, 0) is 19.7 Å². The maximum absolute atomic E-state index is 6.00. The van der Waals surface area contributed by atoms with Gasteiger partial charge < -0.3 is 14.6 Å². The summed E-state index contributed by atoms with van der Waals surface area (Å²) in [5.41, 5.74) is 2.28. The van der Waals surface area contributed by atoms with Crippen molar-refractivity contribution >= 4 is 11.6 Å². The van der Waals surface area contributed by atoms with Gasteiger partial charge in [0.25, 0.3) is 0 Å². The van der Waals surface area contributed by atoms with Crippen LogP contribution >= 0.6 is 11.6 Å². The van der Waals surface area contributed by atoms with Gasteiger partial charge in [0.2, 0.25) is 0 Å². The molecule has 1 aromatic heterocycles. The normalized spacial score (nSPS) is 10.8. The van der Waals surface area contributed by atoms with Crippen molar-refractivity contribution in [2.75, 3.05) is 6.54 Å². The van der Waals surface area contributed by atoms with Gasteiger partial charge in [-0.25, -0.2) is 4.98 Å². The van der Waals surface area contributed by atoms with Gasteiger partial charge in [-0.3, -0.25) is 0 Å². The van der Waals surface area contributed by atoms with E-state index in [0.29, 0.717) is 6.61 Å². The van der Waals surface area contributed by atoms with Crippen LogP contribution in [0.3, 0.4) is 0 Å². The monoisotopic (exact) mass is 355 g/mol. The summed E-state index contributed by atoms with van der Waals surface area (Å²) < 4.78 is 7.96. The zero-order valence-electron chi connectivity index (χ0n) is 14.1. The van der Waals surface area contributed by atoms with Crippen molar-refractivity contribution in [2.24, 2.45) is 0 Å². The molecule has 5 heteroatoms. The predicted molar refractivity (Wildman–Crippen MR) is 101 cm³/mol. The molecule has 0 saturated carbocycles. The van der Waals surface area contributed by atoms with Gasteiger partial charge in [0, 0.05) is 30.5 Å². The van der Waals surface area contributed by atoms with E-state index in [1.807, 2.05) is 55.1 Å². The van der Waals surface area contributed by atoms with E-state index in [1.165, 1.54) is 5.56 Å². The summed E-state index contributed by atoms with van der Waals surface area (Å²) in [7, 11) is 0. The molecule has 3 rings (SSSR count). The Morgan fingerprint density at radius 2 is 1.96 bits per heavy atom. The standard InChI is InChI=1S/C20H22ClN3O/c21-19-6-1-5-18(12-19)15-25-20-7-2-4-17(13-20)14-22-8-3-10-24-11-9-23-16-24/h1-2,4-7,9,11-13,16,22H,3,8,10,14-15H2. The fourth-order valence-electron chi connectivity index (χ4n) is 2.58. The largest absolute Gasteiger partial charge is 0.489 e. The van der Waals surface area contributed by atoms with Crippen LogP contribution in [0.25, 0.3) is 0 Å². The molecule has 3 aromatic rings. The summed E-state index contributed by atoms with van der Waals surface area (Å²) in [5, 5.41) is 4.20. The highest BCUT2D eigenvalue weighted by Gasteiger charge is 2.00. The van der Waals surface area contributed by atoms with Gasteiger partial charge in [0.05, 0.1) is 6.33 Å². The third-order valence-electron chi connectivity index (χ3n) is 3.85. The van der Waals surface area contributed by atoms with Crippen molar-refractivity contribution in [3.05, 3.63) is 83.4 Å². The molecule has 130 valence electrons. The number of hydrogen-bond acceptors (Lipinski definition) is 3. The topological polar surface area (TPSA) is 39.1 Å². The average Bonchev–Trinajstić information content (AvgIpc) is 3.14. The quantitative estimate of drug-likeness (QED) is 0.582. The number of nitrogens with one attached hydrogen (secondary N) is 1. The molecule has 0 unspecified atom stereocenters. The molecule has 25 heavy (non-hydrogen) atoms. The number of halogens is 1. The van der Waals surface area contributed by atoms with Gasteiger partial charge in [-0.2, -0.15) is 0 Å². The first-order chi connectivity index (χ1) is 12.3.